The van der Waals surface area contributed by atoms with Crippen molar-refractivity contribution in [3.8, 4) is 16.9 Å². The summed E-state index contributed by atoms with van der Waals surface area (Å²) in [5.74, 6) is 1.30. The van der Waals surface area contributed by atoms with E-state index < -0.39 is 0 Å². The standard InChI is InChI=1S/C28H28ClN5O3/c1-2-26-30-27(34(36)37)28(33(26)19-20-6-4-3-5-7-20)32-16-14-31(15-17-32)23-11-8-21(9-12-23)22-10-13-25(35)24(29)18-22/h3-13,18,35H,2,14-17,19H2,1H3. The van der Waals surface area contributed by atoms with Gasteiger partial charge in [0.2, 0.25) is 11.6 Å². The first kappa shape index (κ1) is 24.6. The lowest BCUT2D eigenvalue weighted by Gasteiger charge is -2.37. The van der Waals surface area contributed by atoms with Crippen molar-refractivity contribution >= 4 is 28.9 Å². The van der Waals surface area contributed by atoms with Gasteiger partial charge in [-0.3, -0.25) is 4.57 Å². The fraction of sp³-hybridized carbons (Fsp3) is 0.250. The van der Waals surface area contributed by atoms with Gasteiger partial charge in [0.1, 0.15) is 5.75 Å². The second kappa shape index (κ2) is 10.5. The molecular formula is C28H28ClN5O3. The molecule has 1 aromatic heterocycles. The normalized spacial score (nSPS) is 13.7. The highest BCUT2D eigenvalue weighted by atomic mass is 35.5. The molecule has 1 aliphatic rings. The lowest BCUT2D eigenvalue weighted by atomic mass is 10.0. The van der Waals surface area contributed by atoms with Gasteiger partial charge in [0, 0.05) is 38.3 Å². The average molecular weight is 518 g/mol. The maximum absolute atomic E-state index is 11.9. The molecule has 0 unspecified atom stereocenters. The monoisotopic (exact) mass is 517 g/mol. The van der Waals surface area contributed by atoms with E-state index in [2.05, 4.69) is 26.9 Å². The predicted octanol–water partition coefficient (Wildman–Crippen LogP) is 5.75. The molecule has 0 saturated carbocycles. The summed E-state index contributed by atoms with van der Waals surface area (Å²) in [6, 6.07) is 23.4. The van der Waals surface area contributed by atoms with Crippen LogP contribution in [0.5, 0.6) is 5.75 Å². The Morgan fingerprint density at radius 3 is 2.22 bits per heavy atom. The summed E-state index contributed by atoms with van der Waals surface area (Å²) >= 11 is 6.07. The molecule has 0 atom stereocenters. The molecule has 1 fully saturated rings. The van der Waals surface area contributed by atoms with Crippen LogP contribution in [0.3, 0.4) is 0 Å². The molecule has 0 radical (unpaired) electrons. The molecule has 1 saturated heterocycles. The largest absolute Gasteiger partial charge is 0.506 e. The number of phenolic OH excluding ortho intramolecular Hbond substituents is 1. The summed E-state index contributed by atoms with van der Waals surface area (Å²) in [5, 5.41) is 21.9. The quantitative estimate of drug-likeness (QED) is 0.248. The van der Waals surface area contributed by atoms with Crippen LogP contribution < -0.4 is 9.80 Å². The van der Waals surface area contributed by atoms with E-state index in [1.165, 1.54) is 0 Å². The number of aromatic hydroxyl groups is 1. The minimum absolute atomic E-state index is 0.0660. The van der Waals surface area contributed by atoms with Gasteiger partial charge < -0.3 is 25.0 Å². The zero-order chi connectivity index (χ0) is 25.9. The SMILES string of the molecule is CCc1nc([N+](=O)[O-])c(N2CCN(c3ccc(-c4ccc(O)c(Cl)c4)cc3)CC2)n1Cc1ccccc1. The lowest BCUT2D eigenvalue weighted by Crippen LogP contribution is -2.47. The van der Waals surface area contributed by atoms with E-state index in [4.69, 9.17) is 11.6 Å². The molecular weight excluding hydrogens is 490 g/mol. The summed E-state index contributed by atoms with van der Waals surface area (Å²) in [6.45, 7) is 5.30. The molecule has 8 nitrogen and oxygen atoms in total. The Balaban J connectivity index is 1.35. The van der Waals surface area contributed by atoms with E-state index in [1.54, 1.807) is 12.1 Å². The Morgan fingerprint density at radius 2 is 1.59 bits per heavy atom. The van der Waals surface area contributed by atoms with Crippen LogP contribution >= 0.6 is 11.6 Å². The fourth-order valence-corrected chi connectivity index (χ4v) is 5.02. The molecule has 0 bridgehead atoms. The second-order valence-electron chi connectivity index (χ2n) is 9.04. The highest BCUT2D eigenvalue weighted by Gasteiger charge is 2.32. The van der Waals surface area contributed by atoms with Crippen LogP contribution in [0.1, 0.15) is 18.3 Å². The molecule has 0 amide bonds. The number of aromatic nitrogens is 2. The maximum atomic E-state index is 11.9. The maximum Gasteiger partial charge on any atom is 0.406 e. The van der Waals surface area contributed by atoms with Crippen molar-refractivity contribution in [2.24, 2.45) is 0 Å². The summed E-state index contributed by atoms with van der Waals surface area (Å²) in [7, 11) is 0. The van der Waals surface area contributed by atoms with Crippen molar-refractivity contribution in [1.29, 1.82) is 0 Å². The Labute approximate surface area is 220 Å². The smallest absolute Gasteiger partial charge is 0.406 e. The number of phenols is 1. The van der Waals surface area contributed by atoms with Gasteiger partial charge in [0.25, 0.3) is 0 Å². The number of piperazine rings is 1. The summed E-state index contributed by atoms with van der Waals surface area (Å²) < 4.78 is 2.00. The average Bonchev–Trinajstić information content (AvgIpc) is 3.29. The highest BCUT2D eigenvalue weighted by Crippen LogP contribution is 2.33. The first-order valence-electron chi connectivity index (χ1n) is 12.3. The van der Waals surface area contributed by atoms with Gasteiger partial charge in [-0.1, -0.05) is 67.1 Å². The molecule has 1 aliphatic heterocycles. The number of aryl methyl sites for hydroxylation is 1. The van der Waals surface area contributed by atoms with Gasteiger partial charge in [0.15, 0.2) is 0 Å². The molecule has 0 spiro atoms. The van der Waals surface area contributed by atoms with Gasteiger partial charge in [-0.25, -0.2) is 0 Å². The number of nitrogens with zero attached hydrogens (tertiary/aromatic N) is 5. The van der Waals surface area contributed by atoms with Crippen LogP contribution in [0, 0.1) is 10.1 Å². The molecule has 5 rings (SSSR count). The molecule has 2 heterocycles. The van der Waals surface area contributed by atoms with Gasteiger partial charge in [-0.15, -0.1) is 0 Å². The van der Waals surface area contributed by atoms with E-state index in [-0.39, 0.29) is 16.5 Å². The van der Waals surface area contributed by atoms with Crippen molar-refractivity contribution < 1.29 is 10.0 Å². The molecule has 1 N–H and O–H groups in total. The molecule has 9 heteroatoms. The summed E-state index contributed by atoms with van der Waals surface area (Å²) in [6.07, 6.45) is 0.617. The number of hydrogen-bond acceptors (Lipinski definition) is 6. The van der Waals surface area contributed by atoms with E-state index in [0.717, 1.165) is 41.3 Å². The van der Waals surface area contributed by atoms with Gasteiger partial charge in [-0.05, 0) is 50.9 Å². The van der Waals surface area contributed by atoms with Crippen molar-refractivity contribution in [3.05, 3.63) is 99.3 Å². The third-order valence-electron chi connectivity index (χ3n) is 6.77. The molecule has 190 valence electrons. The highest BCUT2D eigenvalue weighted by molar-refractivity contribution is 6.32. The molecule has 3 aromatic carbocycles. The Morgan fingerprint density at radius 1 is 0.946 bits per heavy atom. The number of benzene rings is 3. The Kier molecular flexibility index (Phi) is 7.01. The second-order valence-corrected chi connectivity index (χ2v) is 9.45. The van der Waals surface area contributed by atoms with Crippen molar-refractivity contribution in [2.75, 3.05) is 36.0 Å². The zero-order valence-corrected chi connectivity index (χ0v) is 21.3. The van der Waals surface area contributed by atoms with E-state index in [1.807, 2.05) is 60.0 Å². The van der Waals surface area contributed by atoms with E-state index in [0.29, 0.717) is 36.9 Å². The number of anilines is 2. The number of rotatable bonds is 7. The summed E-state index contributed by atoms with van der Waals surface area (Å²) in [5.41, 5.74) is 4.12. The zero-order valence-electron chi connectivity index (χ0n) is 20.5. The number of halogens is 1. The number of imidazole rings is 1. The van der Waals surface area contributed by atoms with Crippen LogP contribution in [0.25, 0.3) is 11.1 Å². The Hall–Kier alpha value is -4.04. The first-order valence-corrected chi connectivity index (χ1v) is 12.7. The van der Waals surface area contributed by atoms with Crippen LogP contribution in [0.4, 0.5) is 17.3 Å². The predicted molar refractivity (Wildman–Crippen MR) is 147 cm³/mol. The third kappa shape index (κ3) is 5.11. The van der Waals surface area contributed by atoms with E-state index >= 15 is 0 Å². The van der Waals surface area contributed by atoms with Crippen molar-refractivity contribution in [3.63, 3.8) is 0 Å². The van der Waals surface area contributed by atoms with Crippen LogP contribution in [0.2, 0.25) is 5.02 Å². The summed E-state index contributed by atoms with van der Waals surface area (Å²) in [4.78, 5) is 20.4. The minimum Gasteiger partial charge on any atom is -0.506 e. The molecule has 0 aliphatic carbocycles. The van der Waals surface area contributed by atoms with Crippen molar-refractivity contribution in [2.45, 2.75) is 19.9 Å². The van der Waals surface area contributed by atoms with Gasteiger partial charge in [0.05, 0.1) is 11.6 Å². The van der Waals surface area contributed by atoms with Gasteiger partial charge in [-0.2, -0.15) is 0 Å². The van der Waals surface area contributed by atoms with E-state index in [9.17, 15) is 15.2 Å². The lowest BCUT2D eigenvalue weighted by molar-refractivity contribution is -0.388. The number of nitro groups is 1. The number of hydrogen-bond donors (Lipinski definition) is 1. The van der Waals surface area contributed by atoms with Gasteiger partial charge >= 0.3 is 5.82 Å². The topological polar surface area (TPSA) is 87.7 Å². The third-order valence-corrected chi connectivity index (χ3v) is 7.07. The first-order chi connectivity index (χ1) is 17.9. The Bertz CT molecular complexity index is 1400. The van der Waals surface area contributed by atoms with Crippen molar-refractivity contribution in [1.82, 2.24) is 9.55 Å². The van der Waals surface area contributed by atoms with Crippen LogP contribution in [0.15, 0.2) is 72.8 Å². The van der Waals surface area contributed by atoms with Crippen LogP contribution in [-0.4, -0.2) is 45.8 Å². The van der Waals surface area contributed by atoms with Crippen LogP contribution in [-0.2, 0) is 13.0 Å². The minimum atomic E-state index is -0.364. The molecule has 4 aromatic rings. The fourth-order valence-electron chi connectivity index (χ4n) is 4.84. The molecule has 37 heavy (non-hydrogen) atoms.